The van der Waals surface area contributed by atoms with Gasteiger partial charge in [0, 0.05) is 40.3 Å². The lowest BCUT2D eigenvalue weighted by Gasteiger charge is -2.39. The van der Waals surface area contributed by atoms with Gasteiger partial charge in [0.15, 0.2) is 5.69 Å². The van der Waals surface area contributed by atoms with Gasteiger partial charge in [0.1, 0.15) is 0 Å². The average molecular weight is 560 g/mol. The van der Waals surface area contributed by atoms with Crippen molar-refractivity contribution in [3.63, 3.8) is 0 Å². The highest BCUT2D eigenvalue weighted by Crippen LogP contribution is 2.65. The largest absolute Gasteiger partial charge is 0.349 e. The van der Waals surface area contributed by atoms with Gasteiger partial charge in [-0.1, -0.05) is 67.7 Å². The van der Waals surface area contributed by atoms with E-state index in [0.29, 0.717) is 49.9 Å². The second-order valence-electron chi connectivity index (χ2n) is 11.2. The van der Waals surface area contributed by atoms with Crippen LogP contribution in [0, 0.1) is 23.7 Å². The molecule has 3 atom stereocenters. The van der Waals surface area contributed by atoms with Gasteiger partial charge in [-0.15, -0.1) is 0 Å². The fraction of sp³-hybridized carbons (Fsp3) is 0.448. The van der Waals surface area contributed by atoms with Crippen molar-refractivity contribution in [3.05, 3.63) is 68.8 Å². The van der Waals surface area contributed by atoms with Crippen LogP contribution in [0.4, 0.5) is 0 Å². The number of halogens is 3. The zero-order chi connectivity index (χ0) is 26.5. The lowest BCUT2D eigenvalue weighted by molar-refractivity contribution is 0.0943. The van der Waals surface area contributed by atoms with Crippen molar-refractivity contribution in [1.29, 1.82) is 0 Å². The number of aromatic nitrogens is 2. The normalized spacial score (nSPS) is 24.0. The first-order valence-corrected chi connectivity index (χ1v) is 14.0. The number of benzene rings is 2. The summed E-state index contributed by atoms with van der Waals surface area (Å²) in [6.45, 7) is 10.4. The summed E-state index contributed by atoms with van der Waals surface area (Å²) in [4.78, 5) is 13.3. The first kappa shape index (κ1) is 26.6. The summed E-state index contributed by atoms with van der Waals surface area (Å²) in [6, 6.07) is 13.2. The molecule has 0 spiro atoms. The smallest absolute Gasteiger partial charge is 0.272 e. The fourth-order valence-corrected chi connectivity index (χ4v) is 7.12. The molecule has 1 amide bonds. The number of fused-ring (bicyclic) bond motifs is 2. The van der Waals surface area contributed by atoms with Gasteiger partial charge in [0.25, 0.3) is 5.91 Å². The van der Waals surface area contributed by atoms with Crippen molar-refractivity contribution in [2.45, 2.75) is 53.0 Å². The van der Waals surface area contributed by atoms with Crippen LogP contribution in [0.5, 0.6) is 0 Å². The molecule has 0 aliphatic heterocycles. The molecule has 5 rings (SSSR count). The highest BCUT2D eigenvalue weighted by atomic mass is 35.5. The minimum Gasteiger partial charge on any atom is -0.349 e. The van der Waals surface area contributed by atoms with Crippen LogP contribution in [-0.2, 0) is 0 Å². The molecule has 0 unspecified atom stereocenters. The summed E-state index contributed by atoms with van der Waals surface area (Å²) in [6.07, 6.45) is 3.81. The van der Waals surface area contributed by atoms with Crippen LogP contribution in [-0.4, -0.2) is 34.8 Å². The lowest BCUT2D eigenvalue weighted by Crippen LogP contribution is -2.46. The highest BCUT2D eigenvalue weighted by Gasteiger charge is 2.60. The maximum atomic E-state index is 13.3. The van der Waals surface area contributed by atoms with Gasteiger partial charge in [-0.25, -0.2) is 4.68 Å². The number of nitrogens with zero attached hydrogens (tertiary/aromatic N) is 2. The third kappa shape index (κ3) is 4.58. The third-order valence-corrected chi connectivity index (χ3v) is 9.98. The van der Waals surface area contributed by atoms with Crippen LogP contribution < -0.4 is 10.6 Å². The monoisotopic (exact) mass is 558 g/mol. The van der Waals surface area contributed by atoms with E-state index in [0.717, 1.165) is 29.3 Å². The molecule has 196 valence electrons. The van der Waals surface area contributed by atoms with Crippen molar-refractivity contribution >= 4 is 40.7 Å². The second-order valence-corrected chi connectivity index (χ2v) is 12.5. The van der Waals surface area contributed by atoms with E-state index in [-0.39, 0.29) is 5.91 Å². The number of carbonyl (C=O) groups excluding carboxylic acids is 1. The van der Waals surface area contributed by atoms with Crippen molar-refractivity contribution < 1.29 is 4.79 Å². The van der Waals surface area contributed by atoms with Gasteiger partial charge in [-0.2, -0.15) is 5.10 Å². The summed E-state index contributed by atoms with van der Waals surface area (Å²) >= 11 is 18.8. The minimum absolute atomic E-state index is 0.210. The number of hydrogen-bond donors (Lipinski definition) is 2. The van der Waals surface area contributed by atoms with Gasteiger partial charge in [-0.05, 0) is 73.3 Å². The Morgan fingerprint density at radius 3 is 2.38 bits per heavy atom. The maximum absolute atomic E-state index is 13.3. The number of hydrogen-bond acceptors (Lipinski definition) is 3. The maximum Gasteiger partial charge on any atom is 0.272 e. The van der Waals surface area contributed by atoms with Crippen LogP contribution >= 0.6 is 34.8 Å². The zero-order valence-corrected chi connectivity index (χ0v) is 23.9. The standard InChI is InChI=1S/C29H33Cl3N4O/c1-17-25(27(37)34-14-13-33-24-15-19-11-12-29(24,4)28(19,2)3)35-36(23-10-9-21(31)16-22(23)32)26(17)18-5-7-20(30)8-6-18/h5-10,16,19,24,33H,11-15H2,1-4H3,(H,34,37)/t19-,24-,29+/m0/s1. The number of amides is 1. The summed E-state index contributed by atoms with van der Waals surface area (Å²) in [5.74, 6) is 0.569. The molecule has 2 aromatic carbocycles. The number of rotatable bonds is 7. The van der Waals surface area contributed by atoms with E-state index < -0.39 is 0 Å². The minimum atomic E-state index is -0.210. The Bertz CT molecular complexity index is 1330. The van der Waals surface area contributed by atoms with E-state index in [1.165, 1.54) is 19.3 Å². The molecule has 2 saturated carbocycles. The molecular weight excluding hydrogens is 527 g/mol. The Hall–Kier alpha value is -2.05. The summed E-state index contributed by atoms with van der Waals surface area (Å²) < 4.78 is 1.71. The Morgan fingerprint density at radius 1 is 1.05 bits per heavy atom. The molecule has 0 saturated heterocycles. The fourth-order valence-electron chi connectivity index (χ4n) is 6.50. The van der Waals surface area contributed by atoms with E-state index in [1.54, 1.807) is 22.9 Å². The molecule has 1 heterocycles. The lowest BCUT2D eigenvalue weighted by atomic mass is 9.69. The SMILES string of the molecule is Cc1c(C(=O)NCCN[C@H]2C[C@@H]3CC[C@@]2(C)C3(C)C)nn(-c2ccc(Cl)cc2Cl)c1-c1ccc(Cl)cc1. The van der Waals surface area contributed by atoms with Crippen LogP contribution in [0.2, 0.25) is 15.1 Å². The molecular formula is C29H33Cl3N4O. The van der Waals surface area contributed by atoms with Crippen LogP contribution in [0.15, 0.2) is 42.5 Å². The first-order valence-electron chi connectivity index (χ1n) is 12.9. The molecule has 2 bridgehead atoms. The van der Waals surface area contributed by atoms with Crippen LogP contribution in [0.1, 0.15) is 56.1 Å². The van der Waals surface area contributed by atoms with Crippen LogP contribution in [0.3, 0.4) is 0 Å². The van der Waals surface area contributed by atoms with E-state index in [2.05, 4.69) is 31.4 Å². The van der Waals surface area contributed by atoms with Gasteiger partial charge >= 0.3 is 0 Å². The van der Waals surface area contributed by atoms with Crippen LogP contribution in [0.25, 0.3) is 16.9 Å². The van der Waals surface area contributed by atoms with Crippen molar-refractivity contribution in [3.8, 4) is 16.9 Å². The highest BCUT2D eigenvalue weighted by molar-refractivity contribution is 6.35. The zero-order valence-electron chi connectivity index (χ0n) is 21.7. The number of carbonyl (C=O) groups is 1. The second kappa shape index (κ2) is 9.92. The quantitative estimate of drug-likeness (QED) is 0.298. The Kier molecular flexibility index (Phi) is 7.12. The molecule has 2 fully saturated rings. The Balaban J connectivity index is 1.35. The summed E-state index contributed by atoms with van der Waals surface area (Å²) in [5, 5.41) is 13.1. The van der Waals surface area contributed by atoms with E-state index in [9.17, 15) is 4.79 Å². The van der Waals surface area contributed by atoms with Crippen molar-refractivity contribution in [2.24, 2.45) is 16.7 Å². The van der Waals surface area contributed by atoms with Gasteiger partial charge in [0.05, 0.1) is 16.4 Å². The van der Waals surface area contributed by atoms with Crippen molar-refractivity contribution in [2.75, 3.05) is 13.1 Å². The predicted molar refractivity (Wildman–Crippen MR) is 152 cm³/mol. The van der Waals surface area contributed by atoms with E-state index in [1.807, 2.05) is 31.2 Å². The summed E-state index contributed by atoms with van der Waals surface area (Å²) in [5.41, 5.74) is 4.10. The van der Waals surface area contributed by atoms with Gasteiger partial charge < -0.3 is 10.6 Å². The van der Waals surface area contributed by atoms with E-state index in [4.69, 9.17) is 39.9 Å². The third-order valence-electron chi connectivity index (χ3n) is 9.19. The Morgan fingerprint density at radius 2 is 1.76 bits per heavy atom. The van der Waals surface area contributed by atoms with Gasteiger partial charge in [0.2, 0.25) is 0 Å². The van der Waals surface area contributed by atoms with Crippen molar-refractivity contribution in [1.82, 2.24) is 20.4 Å². The molecule has 2 aliphatic rings. The van der Waals surface area contributed by atoms with E-state index >= 15 is 0 Å². The molecule has 3 aromatic rings. The molecule has 5 nitrogen and oxygen atoms in total. The molecule has 0 radical (unpaired) electrons. The molecule has 2 aliphatic carbocycles. The first-order chi connectivity index (χ1) is 17.5. The molecule has 2 N–H and O–H groups in total. The predicted octanol–water partition coefficient (Wildman–Crippen LogP) is 7.34. The number of nitrogens with one attached hydrogen (secondary N) is 2. The molecule has 1 aromatic heterocycles. The topological polar surface area (TPSA) is 59.0 Å². The Labute approximate surface area is 233 Å². The summed E-state index contributed by atoms with van der Waals surface area (Å²) in [7, 11) is 0. The molecule has 37 heavy (non-hydrogen) atoms. The molecule has 8 heteroatoms. The van der Waals surface area contributed by atoms with Gasteiger partial charge in [-0.3, -0.25) is 4.79 Å². The average Bonchev–Trinajstić information content (AvgIpc) is 3.37.